The highest BCUT2D eigenvalue weighted by Gasteiger charge is 2.08. The third-order valence-corrected chi connectivity index (χ3v) is 6.82. The second-order valence-electron chi connectivity index (χ2n) is 10.0. The average molecular weight is 499 g/mol. The molecular formula is C34H58O2. The third-order valence-electron chi connectivity index (χ3n) is 6.82. The Kier molecular flexibility index (Phi) is 22.9. The summed E-state index contributed by atoms with van der Waals surface area (Å²) in [7, 11) is 0. The van der Waals surface area contributed by atoms with Crippen molar-refractivity contribution in [2.45, 2.75) is 143 Å². The highest BCUT2D eigenvalue weighted by atomic mass is 16.5. The summed E-state index contributed by atoms with van der Waals surface area (Å²) < 4.78 is 12.0. The van der Waals surface area contributed by atoms with Gasteiger partial charge in [-0.05, 0) is 44.1 Å². The van der Waals surface area contributed by atoms with Crippen molar-refractivity contribution in [1.82, 2.24) is 0 Å². The predicted molar refractivity (Wildman–Crippen MR) is 159 cm³/mol. The average Bonchev–Trinajstić information content (AvgIpc) is 2.93. The topological polar surface area (TPSA) is 18.5 Å². The van der Waals surface area contributed by atoms with Gasteiger partial charge in [-0.25, -0.2) is 0 Å². The summed E-state index contributed by atoms with van der Waals surface area (Å²) in [5.41, 5.74) is 2.82. The minimum atomic E-state index is 0.219. The fourth-order valence-electron chi connectivity index (χ4n) is 4.69. The highest BCUT2D eigenvalue weighted by molar-refractivity contribution is 5.21. The lowest BCUT2D eigenvalue weighted by molar-refractivity contribution is -0.0295. The number of hydrogen-bond acceptors (Lipinski definition) is 2. The molecule has 2 rings (SSSR count). The minimum absolute atomic E-state index is 0.219. The normalized spacial score (nSPS) is 13.7. The van der Waals surface area contributed by atoms with Gasteiger partial charge in [-0.15, -0.1) is 0 Å². The van der Waals surface area contributed by atoms with Gasteiger partial charge in [0.2, 0.25) is 0 Å². The zero-order chi connectivity index (χ0) is 25.9. The first-order chi connectivity index (χ1) is 17.9. The molecule has 0 aliphatic heterocycles. The molecule has 1 atom stereocenters. The molecule has 206 valence electrons. The predicted octanol–water partition coefficient (Wildman–Crippen LogP) is 10.8. The van der Waals surface area contributed by atoms with Gasteiger partial charge in [0.1, 0.15) is 0 Å². The molecule has 0 bridgehead atoms. The van der Waals surface area contributed by atoms with E-state index in [1.165, 1.54) is 102 Å². The van der Waals surface area contributed by atoms with Gasteiger partial charge < -0.3 is 9.47 Å². The third kappa shape index (κ3) is 18.8. The van der Waals surface area contributed by atoms with Crippen molar-refractivity contribution in [2.75, 3.05) is 13.2 Å². The molecule has 0 N–H and O–H groups in total. The van der Waals surface area contributed by atoms with Crippen LogP contribution in [0.2, 0.25) is 0 Å². The molecule has 0 heterocycles. The highest BCUT2D eigenvalue weighted by Crippen LogP contribution is 2.18. The first kappa shape index (κ1) is 32.6. The maximum Gasteiger partial charge on any atom is 0.0812 e. The van der Waals surface area contributed by atoms with E-state index in [0.29, 0.717) is 6.61 Å². The first-order valence-electron chi connectivity index (χ1n) is 15.5. The molecule has 0 amide bonds. The quantitative estimate of drug-likeness (QED) is 0.148. The van der Waals surface area contributed by atoms with Gasteiger partial charge in [0.25, 0.3) is 0 Å². The second kappa shape index (κ2) is 25.3. The molecule has 2 nitrogen and oxygen atoms in total. The largest absolute Gasteiger partial charge is 0.379 e. The second-order valence-corrected chi connectivity index (χ2v) is 10.0. The smallest absolute Gasteiger partial charge is 0.0812 e. The summed E-state index contributed by atoms with van der Waals surface area (Å²) in [5.74, 6) is 0. The van der Waals surface area contributed by atoms with E-state index in [0.717, 1.165) is 26.1 Å². The summed E-state index contributed by atoms with van der Waals surface area (Å²) in [6.07, 6.45) is 29.9. The molecule has 0 spiro atoms. The Morgan fingerprint density at radius 1 is 0.750 bits per heavy atom. The SMILES string of the molecule is CC.CCCC(COCCCCCCCCCCCCCCC1=CCCC=C1)OCc1ccccc1. The summed E-state index contributed by atoms with van der Waals surface area (Å²) in [4.78, 5) is 0. The van der Waals surface area contributed by atoms with E-state index in [9.17, 15) is 0 Å². The van der Waals surface area contributed by atoms with Crippen LogP contribution in [0.3, 0.4) is 0 Å². The van der Waals surface area contributed by atoms with Crippen LogP contribution in [0, 0.1) is 0 Å². The first-order valence-corrected chi connectivity index (χ1v) is 15.5. The molecule has 1 unspecified atom stereocenters. The molecule has 1 aromatic carbocycles. The molecule has 36 heavy (non-hydrogen) atoms. The van der Waals surface area contributed by atoms with Crippen LogP contribution < -0.4 is 0 Å². The van der Waals surface area contributed by atoms with E-state index < -0.39 is 0 Å². The Labute approximate surface area is 224 Å². The van der Waals surface area contributed by atoms with Crippen molar-refractivity contribution in [2.24, 2.45) is 0 Å². The standard InChI is InChI=1S/C32H52O2.C2H6/c1-2-21-32(34-28-31-25-18-14-19-26-31)29-33-27-20-12-10-8-6-4-3-5-7-9-11-15-22-30-23-16-13-17-24-30;1-2/h14,16,18-19,23-26,32H,2-13,15,17,20-22,27-29H2,1H3;1-2H3. The molecule has 0 saturated heterocycles. The molecule has 0 aromatic heterocycles. The van der Waals surface area contributed by atoms with Gasteiger partial charge in [-0.3, -0.25) is 0 Å². The number of unbranched alkanes of at least 4 members (excludes halogenated alkanes) is 11. The Morgan fingerprint density at radius 2 is 1.36 bits per heavy atom. The zero-order valence-corrected chi connectivity index (χ0v) is 24.2. The lowest BCUT2D eigenvalue weighted by atomic mass is 10.00. The summed E-state index contributed by atoms with van der Waals surface area (Å²) in [5, 5.41) is 0. The Morgan fingerprint density at radius 3 is 1.94 bits per heavy atom. The lowest BCUT2D eigenvalue weighted by Gasteiger charge is -2.17. The number of allylic oxidation sites excluding steroid dienone is 4. The van der Waals surface area contributed by atoms with Crippen LogP contribution >= 0.6 is 0 Å². The van der Waals surface area contributed by atoms with E-state index in [-0.39, 0.29) is 6.10 Å². The Bertz CT molecular complexity index is 634. The van der Waals surface area contributed by atoms with Gasteiger partial charge in [-0.1, -0.05) is 146 Å². The number of ether oxygens (including phenoxy) is 2. The van der Waals surface area contributed by atoms with Gasteiger partial charge >= 0.3 is 0 Å². The molecule has 0 saturated carbocycles. The Balaban J connectivity index is 0.00000316. The van der Waals surface area contributed by atoms with Crippen molar-refractivity contribution in [1.29, 1.82) is 0 Å². The number of hydrogen-bond donors (Lipinski definition) is 0. The van der Waals surface area contributed by atoms with Crippen molar-refractivity contribution >= 4 is 0 Å². The fraction of sp³-hybridized carbons (Fsp3) is 0.706. The van der Waals surface area contributed by atoms with Crippen LogP contribution in [0.1, 0.15) is 135 Å². The number of rotatable bonds is 22. The van der Waals surface area contributed by atoms with Crippen molar-refractivity contribution in [3.05, 3.63) is 59.7 Å². The van der Waals surface area contributed by atoms with E-state index in [2.05, 4.69) is 49.4 Å². The fourth-order valence-corrected chi connectivity index (χ4v) is 4.69. The van der Waals surface area contributed by atoms with Crippen LogP contribution in [0.4, 0.5) is 0 Å². The van der Waals surface area contributed by atoms with E-state index in [1.807, 2.05) is 19.9 Å². The van der Waals surface area contributed by atoms with Gasteiger partial charge in [0, 0.05) is 6.61 Å². The Hall–Kier alpha value is -1.38. The zero-order valence-electron chi connectivity index (χ0n) is 24.2. The van der Waals surface area contributed by atoms with Gasteiger partial charge in [-0.2, -0.15) is 0 Å². The van der Waals surface area contributed by atoms with Gasteiger partial charge in [0.15, 0.2) is 0 Å². The molecule has 1 aliphatic carbocycles. The maximum atomic E-state index is 6.08. The van der Waals surface area contributed by atoms with Crippen LogP contribution in [0.5, 0.6) is 0 Å². The van der Waals surface area contributed by atoms with Crippen molar-refractivity contribution in [3.8, 4) is 0 Å². The van der Waals surface area contributed by atoms with Crippen LogP contribution in [-0.2, 0) is 16.1 Å². The molecule has 2 heteroatoms. The van der Waals surface area contributed by atoms with Crippen LogP contribution in [-0.4, -0.2) is 19.3 Å². The monoisotopic (exact) mass is 498 g/mol. The van der Waals surface area contributed by atoms with E-state index in [4.69, 9.17) is 9.47 Å². The summed E-state index contributed by atoms with van der Waals surface area (Å²) in [6.45, 7) is 8.51. The van der Waals surface area contributed by atoms with Gasteiger partial charge in [0.05, 0.1) is 19.3 Å². The minimum Gasteiger partial charge on any atom is -0.379 e. The van der Waals surface area contributed by atoms with E-state index >= 15 is 0 Å². The molecule has 0 fully saturated rings. The summed E-state index contributed by atoms with van der Waals surface area (Å²) >= 11 is 0. The van der Waals surface area contributed by atoms with Crippen molar-refractivity contribution < 1.29 is 9.47 Å². The van der Waals surface area contributed by atoms with E-state index in [1.54, 1.807) is 5.57 Å². The van der Waals surface area contributed by atoms with Crippen molar-refractivity contribution in [3.63, 3.8) is 0 Å². The lowest BCUT2D eigenvalue weighted by Crippen LogP contribution is -2.20. The van der Waals surface area contributed by atoms with Crippen LogP contribution in [0.25, 0.3) is 0 Å². The maximum absolute atomic E-state index is 6.08. The molecule has 1 aliphatic rings. The molecular weight excluding hydrogens is 440 g/mol. The number of benzene rings is 1. The van der Waals surface area contributed by atoms with Crippen LogP contribution in [0.15, 0.2) is 54.1 Å². The molecule has 1 aromatic rings. The summed E-state index contributed by atoms with van der Waals surface area (Å²) in [6, 6.07) is 10.4. The molecule has 0 radical (unpaired) electrons.